The largest absolute Gasteiger partial charge is 0.505 e. The van der Waals surface area contributed by atoms with Crippen molar-refractivity contribution in [3.05, 3.63) is 95.0 Å². The Bertz CT molecular complexity index is 5200. The zero-order valence-electron chi connectivity index (χ0n) is 39.8. The summed E-state index contributed by atoms with van der Waals surface area (Å²) < 4.78 is 279. The minimum atomic E-state index is -5.82. The molecule has 0 fully saturated rings. The first-order valence-corrected chi connectivity index (χ1v) is 32.3. The normalized spacial score (nSPS) is 13.6. The van der Waals surface area contributed by atoms with Crippen molar-refractivity contribution in [3.63, 3.8) is 0 Å². The summed E-state index contributed by atoms with van der Waals surface area (Å²) in [6.45, 7) is 0. The van der Waals surface area contributed by atoms with Gasteiger partial charge in [-0.05, 0) is 72.8 Å². The smallest absolute Gasteiger partial charge is 0.297 e. The van der Waals surface area contributed by atoms with Gasteiger partial charge in [0, 0.05) is 28.3 Å². The number of phenols is 2. The number of aromatic hydroxyl groups is 2. The summed E-state index contributed by atoms with van der Waals surface area (Å²) in [5.74, 6) is -3.05. The third-order valence-electron chi connectivity index (χ3n) is 10.8. The minimum absolute atomic E-state index is 0.212. The third-order valence-corrected chi connectivity index (χ3v) is 17.9. The molecule has 0 atom stereocenters. The van der Waals surface area contributed by atoms with Crippen LogP contribution in [0, 0.1) is 10.1 Å². The van der Waals surface area contributed by atoms with Crippen molar-refractivity contribution < 1.29 is 119 Å². The highest BCUT2D eigenvalue weighted by molar-refractivity contribution is 7.88. The summed E-state index contributed by atoms with van der Waals surface area (Å²) in [5, 5.41) is 57.8. The number of hydrogen-bond acceptors (Lipinski definition) is 29. The number of nitrogen functional groups attached to an aromatic ring is 1. The number of nitrogens with two attached hydrogens (primary N) is 1. The number of nitro benzene ring substituents is 1. The van der Waals surface area contributed by atoms with Crippen LogP contribution in [0.4, 0.5) is 56.9 Å². The van der Waals surface area contributed by atoms with Gasteiger partial charge in [0.25, 0.3) is 86.6 Å². The van der Waals surface area contributed by atoms with Crippen LogP contribution in [0.3, 0.4) is 0 Å². The van der Waals surface area contributed by atoms with Gasteiger partial charge in [-0.2, -0.15) is 72.5 Å². The van der Waals surface area contributed by atoms with Gasteiger partial charge < -0.3 is 15.9 Å². The first kappa shape index (κ1) is 63.1. The second-order valence-corrected chi connectivity index (χ2v) is 27.3. The predicted molar refractivity (Wildman–Crippen MR) is 277 cm³/mol. The summed E-state index contributed by atoms with van der Waals surface area (Å²) in [7, 11) is -44.1. The zero-order chi connectivity index (χ0) is 63.0. The summed E-state index contributed by atoms with van der Waals surface area (Å²) in [5.41, 5.74) is -4.22. The van der Waals surface area contributed by atoms with Crippen LogP contribution in [0.25, 0.3) is 21.5 Å². The fraction of sp³-hybridized carbons (Fsp3) is 0. The molecule has 0 aliphatic carbocycles. The molecule has 0 bridgehead atoms. The molecule has 0 saturated heterocycles. The van der Waals surface area contributed by atoms with Crippen molar-refractivity contribution in [2.24, 2.45) is 40.9 Å². The minimum Gasteiger partial charge on any atom is -0.505 e. The van der Waals surface area contributed by atoms with Crippen molar-refractivity contribution in [2.45, 2.75) is 39.2 Å². The molecule has 7 rings (SSSR count). The number of nitro groups is 1. The van der Waals surface area contributed by atoms with Gasteiger partial charge in [0.1, 0.15) is 74.1 Å². The molecule has 46 heteroatoms. The molecule has 0 radical (unpaired) electrons. The molecule has 84 heavy (non-hydrogen) atoms. The lowest BCUT2D eigenvalue weighted by atomic mass is 10.0. The number of anilines is 1. The predicted octanol–water partition coefficient (Wildman–Crippen LogP) is 6.53. The fourth-order valence-corrected chi connectivity index (χ4v) is 12.5. The average Bonchev–Trinajstić information content (AvgIpc) is 0.926. The molecule has 0 unspecified atom stereocenters. The van der Waals surface area contributed by atoms with E-state index in [9.17, 15) is 124 Å². The van der Waals surface area contributed by atoms with E-state index < -0.39 is 215 Å². The van der Waals surface area contributed by atoms with Crippen molar-refractivity contribution in [3.8, 4) is 11.5 Å². The van der Waals surface area contributed by atoms with Crippen LogP contribution >= 0.6 is 0 Å². The van der Waals surface area contributed by atoms with E-state index in [4.69, 9.17) is 5.73 Å². The molecule has 38 nitrogen and oxygen atoms in total. The number of benzene rings is 7. The average molecular weight is 1330 g/mol. The first-order chi connectivity index (χ1) is 38.3. The van der Waals surface area contributed by atoms with Crippen LogP contribution in [0.5, 0.6) is 11.5 Å². The highest BCUT2D eigenvalue weighted by atomic mass is 32.2. The zero-order valence-corrected chi connectivity index (χ0v) is 46.3. The number of hydrogen-bond donors (Lipinski definition) is 11. The maximum atomic E-state index is 13.1. The quantitative estimate of drug-likeness (QED) is 0.0152. The Balaban J connectivity index is 1.39. The summed E-state index contributed by atoms with van der Waals surface area (Å²) in [6.07, 6.45) is 0. The fourth-order valence-electron chi connectivity index (χ4n) is 7.26. The number of phenolic OH excluding ortho intramolecular Hbond substituents is 2. The van der Waals surface area contributed by atoms with Crippen molar-refractivity contribution in [2.75, 3.05) is 5.73 Å². The lowest BCUT2D eigenvalue weighted by Gasteiger charge is -2.15. The monoisotopic (exact) mass is 1330 g/mol. The molecular weight excluding hydrogens is 1300 g/mol. The molecule has 0 aliphatic heterocycles. The first-order valence-electron chi connectivity index (χ1n) is 20.8. The Hall–Kier alpha value is -8.46. The molecule has 12 N–H and O–H groups in total. The van der Waals surface area contributed by atoms with Gasteiger partial charge in [0.2, 0.25) is 0 Å². The second-order valence-electron chi connectivity index (χ2n) is 16.2. The Morgan fingerprint density at radius 3 is 1.32 bits per heavy atom. The molecular formula is C38H26N10O28S8. The molecule has 0 aliphatic rings. The van der Waals surface area contributed by atoms with E-state index >= 15 is 0 Å². The Morgan fingerprint density at radius 2 is 0.821 bits per heavy atom. The number of nitrogens with zero attached hydrogens (tertiary/aromatic N) is 9. The van der Waals surface area contributed by atoms with Crippen LogP contribution in [0.15, 0.2) is 165 Å². The number of non-ortho nitro benzene ring substituents is 1. The van der Waals surface area contributed by atoms with E-state index in [0.29, 0.717) is 60.7 Å². The van der Waals surface area contributed by atoms with Gasteiger partial charge in [0.05, 0.1) is 26.6 Å². The SMILES string of the molecule is Nc1c(N=Nc2ccc3c(O)c(N=Nc4ccc(N=Nc5cc(S(=O)(=O)O)ccc5S(=O)(=O)O)cc4S(=O)(=O)O)c(S(=O)(=O)O)cc3c2S(=O)(=O)O)cc(S(=O)(=O)O)c2cc(S(=O)(=O)O)c(N=Nc3ccc([N+](=O)[O-])cc3S(=O)(=O)O)c(O)c12. The molecule has 444 valence electrons. The van der Waals surface area contributed by atoms with Crippen molar-refractivity contribution >= 4 is 159 Å². The van der Waals surface area contributed by atoms with Crippen LogP contribution in [0.2, 0.25) is 0 Å². The molecule has 0 aromatic heterocycles. The van der Waals surface area contributed by atoms with E-state index in [0.717, 1.165) is 6.07 Å². The number of rotatable bonds is 17. The summed E-state index contributed by atoms with van der Waals surface area (Å²) in [6, 6.07) is 6.86. The van der Waals surface area contributed by atoms with E-state index in [1.807, 2.05) is 0 Å². The third kappa shape index (κ3) is 13.2. The van der Waals surface area contributed by atoms with E-state index in [-0.39, 0.29) is 18.2 Å². The number of azo groups is 4. The van der Waals surface area contributed by atoms with E-state index in [1.54, 1.807) is 0 Å². The van der Waals surface area contributed by atoms with E-state index in [2.05, 4.69) is 40.9 Å². The highest BCUT2D eigenvalue weighted by Crippen LogP contribution is 2.50. The maximum absolute atomic E-state index is 13.1. The summed E-state index contributed by atoms with van der Waals surface area (Å²) >= 11 is 0. The van der Waals surface area contributed by atoms with Gasteiger partial charge >= 0.3 is 0 Å². The van der Waals surface area contributed by atoms with Crippen LogP contribution in [0.1, 0.15) is 0 Å². The summed E-state index contributed by atoms with van der Waals surface area (Å²) in [4.78, 5) is -0.570. The maximum Gasteiger partial charge on any atom is 0.297 e. The van der Waals surface area contributed by atoms with Gasteiger partial charge in [-0.3, -0.25) is 46.5 Å². The second kappa shape index (κ2) is 21.6. The van der Waals surface area contributed by atoms with Gasteiger partial charge in [0.15, 0.2) is 11.5 Å². The number of fused-ring (bicyclic) bond motifs is 2. The molecule has 0 spiro atoms. The van der Waals surface area contributed by atoms with E-state index in [1.165, 1.54) is 0 Å². The Morgan fingerprint density at radius 1 is 0.369 bits per heavy atom. The molecule has 0 heterocycles. The molecule has 0 saturated carbocycles. The molecule has 7 aromatic carbocycles. The van der Waals surface area contributed by atoms with Crippen molar-refractivity contribution in [1.82, 2.24) is 0 Å². The van der Waals surface area contributed by atoms with Crippen molar-refractivity contribution in [1.29, 1.82) is 0 Å². The van der Waals surface area contributed by atoms with Crippen LogP contribution in [-0.2, 0) is 80.9 Å². The molecule has 0 amide bonds. The Labute approximate surface area is 467 Å². The van der Waals surface area contributed by atoms with Gasteiger partial charge in [-0.1, -0.05) is 0 Å². The Kier molecular flexibility index (Phi) is 16.2. The van der Waals surface area contributed by atoms with Gasteiger partial charge in [-0.15, -0.1) is 35.8 Å². The standard InChI is InChI=1S/C38H26N10O28S8/c39-33-25(14-27(79(59,60)61)20-13-31(83(71,72)73)35(37(50)32(20)33)47-42-22-6-2-16(48(51)52)10-29(22)81(65,66)67)45-43-23-7-4-18-19(38(23)84(74,75)76)12-30(82(68,69)70)34(36(18)49)46-41-21-5-1-15(9-28(21)80(62,63)64)40-44-24-11-17(77(53,54)55)3-8-26(24)78(56,57)58/h1-14,49-50H,39H2,(H,53,54,55)(H,56,57,58)(H,59,60,61)(H,62,63,64)(H,65,66,67)(H,68,69,70)(H,71,72,73)(H,74,75,76). The molecule has 7 aromatic rings. The highest BCUT2D eigenvalue weighted by Gasteiger charge is 2.32. The van der Waals surface area contributed by atoms with Crippen LogP contribution in [-0.4, -0.2) is 119 Å². The topological polar surface area (TPSA) is 643 Å². The van der Waals surface area contributed by atoms with Gasteiger partial charge in [-0.25, -0.2) is 0 Å². The van der Waals surface area contributed by atoms with Crippen LogP contribution < -0.4 is 5.73 Å². The lowest BCUT2D eigenvalue weighted by Crippen LogP contribution is -2.04. The lowest BCUT2D eigenvalue weighted by molar-refractivity contribution is -0.385.